The molecule has 8 heteroatoms. The second-order valence-corrected chi connectivity index (χ2v) is 2.53. The van der Waals surface area contributed by atoms with Gasteiger partial charge in [0.15, 0.2) is 5.69 Å². The van der Waals surface area contributed by atoms with Crippen LogP contribution in [0.3, 0.4) is 0 Å². The summed E-state index contributed by atoms with van der Waals surface area (Å²) in [5.41, 5.74) is -0.966. The van der Waals surface area contributed by atoms with Crippen LogP contribution < -0.4 is 0 Å². The molecule has 0 unspecified atom stereocenters. The van der Waals surface area contributed by atoms with Crippen molar-refractivity contribution in [2.45, 2.75) is 6.18 Å². The lowest BCUT2D eigenvalue weighted by Crippen LogP contribution is -2.08. The maximum atomic E-state index is 12.1. The molecule has 5 nitrogen and oxygen atoms in total. The van der Waals surface area contributed by atoms with Gasteiger partial charge in [-0.15, -0.1) is 10.2 Å². The highest BCUT2D eigenvalue weighted by Gasteiger charge is 2.32. The van der Waals surface area contributed by atoms with Crippen molar-refractivity contribution in [3.63, 3.8) is 0 Å². The molecule has 0 amide bonds. The molecule has 2 aromatic heterocycles. The molecular formula is C7H3F3N4O. The molecule has 2 rings (SSSR count). The lowest BCUT2D eigenvalue weighted by molar-refractivity contribution is -0.141. The van der Waals surface area contributed by atoms with E-state index in [1.165, 1.54) is 0 Å². The Hall–Kier alpha value is -1.99. The molecule has 0 radical (unpaired) electrons. The maximum absolute atomic E-state index is 12.1. The highest BCUT2D eigenvalue weighted by Crippen LogP contribution is 2.27. The van der Waals surface area contributed by atoms with Gasteiger partial charge in [0, 0.05) is 0 Å². The van der Waals surface area contributed by atoms with E-state index in [4.69, 9.17) is 4.42 Å². The summed E-state index contributed by atoms with van der Waals surface area (Å²) in [6.07, 6.45) is -1.91. The molecule has 78 valence electrons. The average Bonchev–Trinajstić information content (AvgIpc) is 2.69. The van der Waals surface area contributed by atoms with Crippen LogP contribution in [0.4, 0.5) is 13.2 Å². The van der Waals surface area contributed by atoms with Crippen LogP contribution in [0, 0.1) is 0 Å². The van der Waals surface area contributed by atoms with Crippen LogP contribution in [0.2, 0.25) is 0 Å². The second-order valence-electron chi connectivity index (χ2n) is 2.53. The number of alkyl halides is 3. The molecule has 2 aromatic rings. The third-order valence-corrected chi connectivity index (χ3v) is 1.52. The van der Waals surface area contributed by atoms with Crippen molar-refractivity contribution in [2.75, 3.05) is 0 Å². The molecule has 0 fully saturated rings. The van der Waals surface area contributed by atoms with Gasteiger partial charge in [-0.25, -0.2) is 9.97 Å². The zero-order valence-electron chi connectivity index (χ0n) is 7.06. The van der Waals surface area contributed by atoms with Crippen molar-refractivity contribution in [1.29, 1.82) is 0 Å². The molecular weight excluding hydrogens is 213 g/mol. The van der Waals surface area contributed by atoms with Crippen molar-refractivity contribution >= 4 is 0 Å². The van der Waals surface area contributed by atoms with Gasteiger partial charge in [0.2, 0.25) is 6.39 Å². The van der Waals surface area contributed by atoms with Crippen molar-refractivity contribution in [3.8, 4) is 11.6 Å². The summed E-state index contributed by atoms with van der Waals surface area (Å²) in [6, 6.07) is 0. The van der Waals surface area contributed by atoms with Gasteiger partial charge >= 0.3 is 6.18 Å². The number of aromatic nitrogens is 4. The number of nitrogens with zero attached hydrogens (tertiary/aromatic N) is 4. The first kappa shape index (κ1) is 9.56. The molecule has 0 aliphatic heterocycles. The Morgan fingerprint density at radius 3 is 2.40 bits per heavy atom. The maximum Gasteiger partial charge on any atom is 0.434 e. The molecule has 2 heterocycles. The SMILES string of the molecule is FC(F)(F)c1cnc(-c2nnco2)cn1. The average molecular weight is 216 g/mol. The van der Waals surface area contributed by atoms with E-state index in [-0.39, 0.29) is 11.6 Å². The fourth-order valence-electron chi connectivity index (χ4n) is 0.870. The molecule has 0 atom stereocenters. The van der Waals surface area contributed by atoms with E-state index in [0.717, 1.165) is 12.6 Å². The Morgan fingerprint density at radius 2 is 1.93 bits per heavy atom. The van der Waals surface area contributed by atoms with E-state index in [1.807, 2.05) is 0 Å². The molecule has 0 aliphatic carbocycles. The van der Waals surface area contributed by atoms with Crippen LogP contribution in [0.1, 0.15) is 5.69 Å². The number of rotatable bonds is 1. The fourth-order valence-corrected chi connectivity index (χ4v) is 0.870. The van der Waals surface area contributed by atoms with Gasteiger partial charge < -0.3 is 4.42 Å². The van der Waals surface area contributed by atoms with Gasteiger partial charge in [-0.2, -0.15) is 13.2 Å². The van der Waals surface area contributed by atoms with Gasteiger partial charge in [0.05, 0.1) is 12.4 Å². The summed E-state index contributed by atoms with van der Waals surface area (Å²) in [7, 11) is 0. The van der Waals surface area contributed by atoms with Crippen molar-refractivity contribution < 1.29 is 17.6 Å². The third-order valence-electron chi connectivity index (χ3n) is 1.52. The van der Waals surface area contributed by atoms with Crippen LogP contribution in [-0.2, 0) is 6.18 Å². The molecule has 0 spiro atoms. The van der Waals surface area contributed by atoms with Crippen molar-refractivity contribution in [3.05, 3.63) is 24.5 Å². The summed E-state index contributed by atoms with van der Waals surface area (Å²) in [4.78, 5) is 6.70. The Balaban J connectivity index is 2.33. The molecule has 0 N–H and O–H groups in total. The number of hydrogen-bond donors (Lipinski definition) is 0. The Kier molecular flexibility index (Phi) is 2.10. The van der Waals surface area contributed by atoms with Crippen LogP contribution in [0.15, 0.2) is 23.2 Å². The highest BCUT2D eigenvalue weighted by atomic mass is 19.4. The number of hydrogen-bond acceptors (Lipinski definition) is 5. The zero-order valence-corrected chi connectivity index (χ0v) is 7.06. The first-order valence-corrected chi connectivity index (χ1v) is 3.73. The van der Waals surface area contributed by atoms with E-state index in [2.05, 4.69) is 20.2 Å². The van der Waals surface area contributed by atoms with Crippen LogP contribution in [0.25, 0.3) is 11.6 Å². The van der Waals surface area contributed by atoms with E-state index in [0.29, 0.717) is 6.20 Å². The smallest absolute Gasteiger partial charge is 0.422 e. The molecule has 0 aromatic carbocycles. The van der Waals surface area contributed by atoms with Crippen LogP contribution in [-0.4, -0.2) is 20.2 Å². The Morgan fingerprint density at radius 1 is 1.13 bits per heavy atom. The summed E-state index contributed by atoms with van der Waals surface area (Å²) >= 11 is 0. The highest BCUT2D eigenvalue weighted by molar-refractivity contribution is 5.43. The van der Waals surface area contributed by atoms with Crippen molar-refractivity contribution in [1.82, 2.24) is 20.2 Å². The van der Waals surface area contributed by atoms with Gasteiger partial charge in [-0.3, -0.25) is 0 Å². The monoisotopic (exact) mass is 216 g/mol. The minimum Gasteiger partial charge on any atom is -0.422 e. The number of halogens is 3. The zero-order chi connectivity index (χ0) is 10.9. The summed E-state index contributed by atoms with van der Waals surface area (Å²) < 4.78 is 41.1. The van der Waals surface area contributed by atoms with Crippen LogP contribution in [0.5, 0.6) is 0 Å². The molecule has 0 bridgehead atoms. The molecule has 0 saturated carbocycles. The topological polar surface area (TPSA) is 64.7 Å². The second kappa shape index (κ2) is 3.30. The quantitative estimate of drug-likeness (QED) is 0.723. The lowest BCUT2D eigenvalue weighted by Gasteiger charge is -2.03. The van der Waals surface area contributed by atoms with E-state index < -0.39 is 11.9 Å². The van der Waals surface area contributed by atoms with Gasteiger partial charge in [-0.05, 0) is 0 Å². The summed E-state index contributed by atoms with van der Waals surface area (Å²) in [5.74, 6) is 0.0243. The van der Waals surface area contributed by atoms with E-state index in [9.17, 15) is 13.2 Å². The predicted octanol–water partition coefficient (Wildman–Crippen LogP) is 1.55. The predicted molar refractivity (Wildman–Crippen MR) is 40.3 cm³/mol. The van der Waals surface area contributed by atoms with Gasteiger partial charge in [-0.1, -0.05) is 0 Å². The molecule has 0 aliphatic rings. The third kappa shape index (κ3) is 1.92. The minimum absolute atomic E-state index is 0.0243. The first-order valence-electron chi connectivity index (χ1n) is 3.73. The van der Waals surface area contributed by atoms with Gasteiger partial charge in [0.25, 0.3) is 5.89 Å². The summed E-state index contributed by atoms with van der Waals surface area (Å²) in [6.45, 7) is 0. The van der Waals surface area contributed by atoms with E-state index in [1.54, 1.807) is 0 Å². The first-order chi connectivity index (χ1) is 7.07. The van der Waals surface area contributed by atoms with E-state index >= 15 is 0 Å². The normalized spacial score (nSPS) is 11.7. The summed E-state index contributed by atoms with van der Waals surface area (Å²) in [5, 5.41) is 6.84. The lowest BCUT2D eigenvalue weighted by atomic mass is 10.4. The minimum atomic E-state index is -4.50. The van der Waals surface area contributed by atoms with Crippen LogP contribution >= 0.6 is 0 Å². The Bertz CT molecular complexity index is 436. The fraction of sp³-hybridized carbons (Fsp3) is 0.143. The molecule has 0 saturated heterocycles. The van der Waals surface area contributed by atoms with Gasteiger partial charge in [0.1, 0.15) is 5.69 Å². The largest absolute Gasteiger partial charge is 0.434 e. The standard InChI is InChI=1S/C7H3F3N4O/c8-7(9,10)5-2-11-4(1-12-5)6-14-13-3-15-6/h1-3H. The van der Waals surface area contributed by atoms with Crippen molar-refractivity contribution in [2.24, 2.45) is 0 Å². The molecule has 15 heavy (non-hydrogen) atoms. The Labute approximate surface area is 81.0 Å².